The topological polar surface area (TPSA) is 66.8 Å². The zero-order valence-corrected chi connectivity index (χ0v) is 17.9. The third kappa shape index (κ3) is 3.78. The van der Waals surface area contributed by atoms with Crippen LogP contribution in [0.4, 0.5) is 5.69 Å². The maximum absolute atomic E-state index is 13.4. The normalized spacial score (nSPS) is 16.0. The molecule has 1 unspecified atom stereocenters. The highest BCUT2D eigenvalue weighted by Crippen LogP contribution is 2.43. The molecule has 1 N–H and O–H groups in total. The Hall–Kier alpha value is -3.28. The number of aliphatic hydroxyl groups is 1. The molecule has 4 rings (SSSR count). The number of ketones is 1. The van der Waals surface area contributed by atoms with Crippen LogP contribution >= 0.6 is 23.2 Å². The van der Waals surface area contributed by atoms with Crippen molar-refractivity contribution in [3.63, 3.8) is 0 Å². The van der Waals surface area contributed by atoms with Gasteiger partial charge in [0.1, 0.15) is 5.75 Å². The van der Waals surface area contributed by atoms with E-state index in [1.54, 1.807) is 79.9 Å². The first-order valence-electron chi connectivity index (χ1n) is 9.38. The summed E-state index contributed by atoms with van der Waals surface area (Å²) in [5.74, 6) is -1.20. The van der Waals surface area contributed by atoms with E-state index >= 15 is 0 Å². The Labute approximate surface area is 189 Å². The lowest BCUT2D eigenvalue weighted by Gasteiger charge is -2.27. The second kappa shape index (κ2) is 8.46. The summed E-state index contributed by atoms with van der Waals surface area (Å²) < 4.78 is 5.19. The number of aliphatic hydroxyl groups excluding tert-OH is 1. The van der Waals surface area contributed by atoms with Crippen molar-refractivity contribution in [1.29, 1.82) is 0 Å². The van der Waals surface area contributed by atoms with Gasteiger partial charge in [-0.1, -0.05) is 47.5 Å². The number of carbonyl (C=O) groups is 2. The molecule has 1 aliphatic heterocycles. The second-order valence-electron chi connectivity index (χ2n) is 6.90. The van der Waals surface area contributed by atoms with Gasteiger partial charge in [0.25, 0.3) is 5.91 Å². The Morgan fingerprint density at radius 2 is 1.61 bits per heavy atom. The van der Waals surface area contributed by atoms with Gasteiger partial charge < -0.3 is 9.84 Å². The highest BCUT2D eigenvalue weighted by molar-refractivity contribution is 6.35. The molecule has 0 aliphatic carbocycles. The smallest absolute Gasteiger partial charge is 0.294 e. The molecule has 5 nitrogen and oxygen atoms in total. The number of nitrogens with zero attached hydrogens (tertiary/aromatic N) is 1. The first kappa shape index (κ1) is 21.0. The van der Waals surface area contributed by atoms with Gasteiger partial charge in [-0.2, -0.15) is 0 Å². The first-order chi connectivity index (χ1) is 14.9. The molecule has 0 saturated carbocycles. The van der Waals surface area contributed by atoms with Gasteiger partial charge in [-0.15, -0.1) is 0 Å². The molecule has 1 aliphatic rings. The van der Waals surface area contributed by atoms with E-state index in [-0.39, 0.29) is 16.2 Å². The van der Waals surface area contributed by atoms with E-state index in [4.69, 9.17) is 27.9 Å². The molecular weight excluding hydrogens is 437 g/mol. The Balaban J connectivity index is 1.87. The Bertz CT molecular complexity index is 1190. The molecule has 1 amide bonds. The van der Waals surface area contributed by atoms with Gasteiger partial charge in [0.05, 0.1) is 23.7 Å². The summed E-state index contributed by atoms with van der Waals surface area (Å²) in [6, 6.07) is 19.2. The zero-order chi connectivity index (χ0) is 22.1. The van der Waals surface area contributed by atoms with Crippen LogP contribution in [0.3, 0.4) is 0 Å². The number of carbonyl (C=O) groups excluding carboxylic acids is 2. The number of benzene rings is 3. The van der Waals surface area contributed by atoms with E-state index in [9.17, 15) is 14.7 Å². The number of amides is 1. The van der Waals surface area contributed by atoms with Crippen molar-refractivity contribution in [2.24, 2.45) is 0 Å². The fraction of sp³-hybridized carbons (Fsp3) is 0.0833. The van der Waals surface area contributed by atoms with Gasteiger partial charge >= 0.3 is 0 Å². The van der Waals surface area contributed by atoms with Crippen LogP contribution in [0.25, 0.3) is 0 Å². The van der Waals surface area contributed by atoms with Crippen molar-refractivity contribution in [3.05, 3.63) is 105 Å². The van der Waals surface area contributed by atoms with E-state index in [0.29, 0.717) is 22.0 Å². The van der Waals surface area contributed by atoms with Crippen LogP contribution in [0.1, 0.15) is 22.0 Å². The fourth-order valence-corrected chi connectivity index (χ4v) is 3.94. The van der Waals surface area contributed by atoms with E-state index in [1.807, 2.05) is 0 Å². The van der Waals surface area contributed by atoms with Crippen LogP contribution in [0, 0.1) is 0 Å². The minimum absolute atomic E-state index is 0.0451. The van der Waals surface area contributed by atoms with E-state index in [2.05, 4.69) is 0 Å². The molecule has 156 valence electrons. The quantitative estimate of drug-likeness (QED) is 0.496. The molecule has 1 heterocycles. The molecule has 3 aromatic rings. The van der Waals surface area contributed by atoms with E-state index < -0.39 is 23.5 Å². The number of rotatable bonds is 5. The number of hydrogen-bond acceptors (Lipinski definition) is 4. The minimum Gasteiger partial charge on any atom is -0.503 e. The van der Waals surface area contributed by atoms with Crippen LogP contribution < -0.4 is 9.64 Å². The van der Waals surface area contributed by atoms with Crippen molar-refractivity contribution in [2.75, 3.05) is 12.0 Å². The molecule has 0 spiro atoms. The van der Waals surface area contributed by atoms with Crippen molar-refractivity contribution in [2.45, 2.75) is 6.04 Å². The maximum atomic E-state index is 13.4. The summed E-state index contributed by atoms with van der Waals surface area (Å²) >= 11 is 12.3. The van der Waals surface area contributed by atoms with Crippen molar-refractivity contribution in [3.8, 4) is 5.75 Å². The van der Waals surface area contributed by atoms with Crippen LogP contribution in [0.5, 0.6) is 5.75 Å². The molecule has 7 heteroatoms. The molecule has 0 saturated heterocycles. The summed E-state index contributed by atoms with van der Waals surface area (Å²) in [4.78, 5) is 27.9. The van der Waals surface area contributed by atoms with Crippen molar-refractivity contribution >= 4 is 40.6 Å². The highest BCUT2D eigenvalue weighted by atomic mass is 35.5. The van der Waals surface area contributed by atoms with Gasteiger partial charge in [-0.3, -0.25) is 14.5 Å². The number of ether oxygens (including phenoxy) is 1. The summed E-state index contributed by atoms with van der Waals surface area (Å²) in [5, 5.41) is 11.5. The number of methoxy groups -OCH3 is 1. The molecule has 0 fully saturated rings. The second-order valence-corrected chi connectivity index (χ2v) is 7.74. The van der Waals surface area contributed by atoms with Crippen LogP contribution in [-0.2, 0) is 4.79 Å². The molecule has 3 aromatic carbocycles. The van der Waals surface area contributed by atoms with Gasteiger partial charge in [-0.25, -0.2) is 0 Å². The fourth-order valence-electron chi connectivity index (χ4n) is 3.60. The lowest BCUT2D eigenvalue weighted by molar-refractivity contribution is -0.117. The van der Waals surface area contributed by atoms with Crippen LogP contribution in [-0.4, -0.2) is 23.9 Å². The van der Waals surface area contributed by atoms with Crippen molar-refractivity contribution < 1.29 is 19.4 Å². The third-order valence-corrected chi connectivity index (χ3v) is 5.69. The van der Waals surface area contributed by atoms with Crippen LogP contribution in [0.2, 0.25) is 10.0 Å². The summed E-state index contributed by atoms with van der Waals surface area (Å²) in [5.41, 5.74) is 1.28. The van der Waals surface area contributed by atoms with Gasteiger partial charge in [0, 0.05) is 16.3 Å². The molecule has 0 bridgehead atoms. The highest BCUT2D eigenvalue weighted by Gasteiger charge is 2.44. The number of anilines is 1. The summed E-state index contributed by atoms with van der Waals surface area (Å²) in [7, 11) is 1.54. The number of hydrogen-bond donors (Lipinski definition) is 1. The Morgan fingerprint density at radius 3 is 2.23 bits per heavy atom. The van der Waals surface area contributed by atoms with Crippen LogP contribution in [0.15, 0.2) is 84.1 Å². The summed E-state index contributed by atoms with van der Waals surface area (Å²) in [6.07, 6.45) is 0. The summed E-state index contributed by atoms with van der Waals surface area (Å²) in [6.45, 7) is 0. The Morgan fingerprint density at radius 1 is 0.968 bits per heavy atom. The molecule has 0 aromatic heterocycles. The standard InChI is InChI=1S/C24H17Cl2NO4/c1-31-17-12-10-16(11-13-17)27-21(14-6-8-15(25)9-7-14)20(23(29)24(27)30)22(28)18-4-2-3-5-19(18)26/h2-13,21,29H,1H3. The predicted octanol–water partition coefficient (Wildman–Crippen LogP) is 5.78. The molecule has 31 heavy (non-hydrogen) atoms. The lowest BCUT2D eigenvalue weighted by Crippen LogP contribution is -2.31. The SMILES string of the molecule is COc1ccc(N2C(=O)C(O)=C(C(=O)c3ccccc3Cl)C2c2ccc(Cl)cc2)cc1. The predicted molar refractivity (Wildman–Crippen MR) is 120 cm³/mol. The third-order valence-electron chi connectivity index (χ3n) is 5.11. The molecule has 1 atom stereocenters. The maximum Gasteiger partial charge on any atom is 0.294 e. The van der Waals surface area contributed by atoms with Gasteiger partial charge in [0.2, 0.25) is 0 Å². The van der Waals surface area contributed by atoms with E-state index in [0.717, 1.165) is 0 Å². The Kier molecular flexibility index (Phi) is 5.72. The zero-order valence-electron chi connectivity index (χ0n) is 16.4. The van der Waals surface area contributed by atoms with Crippen molar-refractivity contribution in [1.82, 2.24) is 0 Å². The largest absolute Gasteiger partial charge is 0.503 e. The lowest BCUT2D eigenvalue weighted by atomic mass is 9.92. The van der Waals surface area contributed by atoms with E-state index in [1.165, 1.54) is 4.90 Å². The molecular formula is C24H17Cl2NO4. The number of Topliss-reactive ketones (excluding diaryl/α,β-unsaturated/α-hetero) is 1. The monoisotopic (exact) mass is 453 g/mol. The van der Waals surface area contributed by atoms with Gasteiger partial charge in [-0.05, 0) is 54.1 Å². The van der Waals surface area contributed by atoms with Gasteiger partial charge in [0.15, 0.2) is 11.5 Å². The first-order valence-corrected chi connectivity index (χ1v) is 10.1. The minimum atomic E-state index is -0.859. The number of halogens is 2. The average molecular weight is 454 g/mol. The average Bonchev–Trinajstić information content (AvgIpc) is 3.05. The molecule has 0 radical (unpaired) electrons.